The largest absolute Gasteiger partial charge is 0.324 e. The second-order valence-corrected chi connectivity index (χ2v) is 5.42. The summed E-state index contributed by atoms with van der Waals surface area (Å²) in [7, 11) is 0. The summed E-state index contributed by atoms with van der Waals surface area (Å²) in [5.41, 5.74) is 8.71. The fourth-order valence-corrected chi connectivity index (χ4v) is 2.25. The number of benzene rings is 1. The molecular weight excluding hydrogens is 236 g/mol. The van der Waals surface area contributed by atoms with E-state index in [1.54, 1.807) is 6.33 Å². The summed E-state index contributed by atoms with van der Waals surface area (Å²) in [6.45, 7) is 7.32. The van der Waals surface area contributed by atoms with E-state index in [4.69, 9.17) is 5.73 Å². The van der Waals surface area contributed by atoms with Gasteiger partial charge < -0.3 is 5.73 Å². The molecule has 0 radical (unpaired) electrons. The predicted molar refractivity (Wildman–Crippen MR) is 76.7 cm³/mol. The Balaban J connectivity index is 2.13. The van der Waals surface area contributed by atoms with Crippen molar-refractivity contribution in [2.75, 3.05) is 0 Å². The third kappa shape index (κ3) is 3.41. The van der Waals surface area contributed by atoms with E-state index in [-0.39, 0.29) is 6.04 Å². The molecule has 4 nitrogen and oxygen atoms in total. The minimum Gasteiger partial charge on any atom is -0.324 e. The summed E-state index contributed by atoms with van der Waals surface area (Å²) in [5, 5.41) is 4.28. The normalized spacial score (nSPS) is 12.9. The lowest BCUT2D eigenvalue weighted by molar-refractivity contribution is 0.459. The zero-order valence-electron chi connectivity index (χ0n) is 11.9. The van der Waals surface area contributed by atoms with E-state index in [1.165, 1.54) is 11.1 Å². The van der Waals surface area contributed by atoms with Crippen LogP contribution >= 0.6 is 0 Å². The molecule has 0 aliphatic rings. The summed E-state index contributed by atoms with van der Waals surface area (Å²) < 4.78 is 1.96. The minimum atomic E-state index is -0.0312. The molecule has 0 bridgehead atoms. The molecule has 102 valence electrons. The lowest BCUT2D eigenvalue weighted by atomic mass is 9.99. The van der Waals surface area contributed by atoms with Gasteiger partial charge in [0, 0.05) is 19.0 Å². The van der Waals surface area contributed by atoms with Gasteiger partial charge in [0.25, 0.3) is 0 Å². The molecule has 0 saturated carbocycles. The van der Waals surface area contributed by atoms with Gasteiger partial charge in [0.15, 0.2) is 0 Å². The second-order valence-electron chi connectivity index (χ2n) is 5.42. The molecule has 0 aliphatic carbocycles. The molecule has 0 fully saturated rings. The van der Waals surface area contributed by atoms with Gasteiger partial charge in [-0.15, -0.1) is 0 Å². The van der Waals surface area contributed by atoms with Crippen LogP contribution in [0, 0.1) is 12.8 Å². The minimum absolute atomic E-state index is 0.0312. The Morgan fingerprint density at radius 1 is 1.26 bits per heavy atom. The van der Waals surface area contributed by atoms with Gasteiger partial charge in [0.1, 0.15) is 12.2 Å². The van der Waals surface area contributed by atoms with Crippen LogP contribution in [0.5, 0.6) is 0 Å². The molecule has 0 saturated heterocycles. The van der Waals surface area contributed by atoms with Crippen molar-refractivity contribution in [1.29, 1.82) is 0 Å². The number of nitrogens with two attached hydrogens (primary N) is 1. The smallest absolute Gasteiger partial charge is 0.138 e. The first-order chi connectivity index (χ1) is 9.08. The van der Waals surface area contributed by atoms with Crippen molar-refractivity contribution in [3.63, 3.8) is 0 Å². The SMILES string of the molecule is Cc1ccccc1C(N)Cc1ncnn1CC(C)C. The van der Waals surface area contributed by atoms with Crippen LogP contribution in [-0.4, -0.2) is 14.8 Å². The van der Waals surface area contributed by atoms with Crippen LogP contribution in [0.4, 0.5) is 0 Å². The van der Waals surface area contributed by atoms with Crippen LogP contribution in [0.3, 0.4) is 0 Å². The van der Waals surface area contributed by atoms with Crippen LogP contribution < -0.4 is 5.73 Å². The Kier molecular flexibility index (Phi) is 4.32. The molecular formula is C15H22N4. The summed E-state index contributed by atoms with van der Waals surface area (Å²) >= 11 is 0. The first-order valence-corrected chi connectivity index (χ1v) is 6.75. The number of rotatable bonds is 5. The van der Waals surface area contributed by atoms with E-state index < -0.39 is 0 Å². The zero-order valence-corrected chi connectivity index (χ0v) is 11.9. The zero-order chi connectivity index (χ0) is 13.8. The Bertz CT molecular complexity index is 530. The Morgan fingerprint density at radius 2 is 2.00 bits per heavy atom. The second kappa shape index (κ2) is 5.97. The van der Waals surface area contributed by atoms with Crippen molar-refractivity contribution < 1.29 is 0 Å². The van der Waals surface area contributed by atoms with Gasteiger partial charge in [-0.1, -0.05) is 38.1 Å². The van der Waals surface area contributed by atoms with Gasteiger partial charge in [-0.3, -0.25) is 0 Å². The van der Waals surface area contributed by atoms with Crippen LogP contribution in [0.2, 0.25) is 0 Å². The van der Waals surface area contributed by atoms with E-state index in [0.717, 1.165) is 18.8 Å². The molecule has 1 aromatic carbocycles. The third-order valence-electron chi connectivity index (χ3n) is 3.22. The maximum absolute atomic E-state index is 6.31. The fourth-order valence-electron chi connectivity index (χ4n) is 2.25. The molecule has 4 heteroatoms. The molecule has 2 N–H and O–H groups in total. The number of nitrogens with zero attached hydrogens (tertiary/aromatic N) is 3. The molecule has 19 heavy (non-hydrogen) atoms. The molecule has 2 rings (SSSR count). The van der Waals surface area contributed by atoms with Gasteiger partial charge >= 0.3 is 0 Å². The standard InChI is InChI=1S/C15H22N4/c1-11(2)9-19-15(17-10-18-19)8-14(16)13-7-5-4-6-12(13)3/h4-7,10-11,14H,8-9,16H2,1-3H3. The van der Waals surface area contributed by atoms with Crippen LogP contribution in [0.1, 0.15) is 36.8 Å². The van der Waals surface area contributed by atoms with Crippen molar-refractivity contribution in [1.82, 2.24) is 14.8 Å². The van der Waals surface area contributed by atoms with Crippen LogP contribution in [0.15, 0.2) is 30.6 Å². The van der Waals surface area contributed by atoms with Crippen LogP contribution in [-0.2, 0) is 13.0 Å². The summed E-state index contributed by atoms with van der Waals surface area (Å²) in [4.78, 5) is 4.34. The molecule has 1 atom stereocenters. The molecule has 2 aromatic rings. The molecule has 0 spiro atoms. The van der Waals surface area contributed by atoms with Crippen molar-refractivity contribution in [3.8, 4) is 0 Å². The van der Waals surface area contributed by atoms with Gasteiger partial charge in [0.2, 0.25) is 0 Å². The number of hydrogen-bond donors (Lipinski definition) is 1. The van der Waals surface area contributed by atoms with Crippen molar-refractivity contribution in [3.05, 3.63) is 47.5 Å². The van der Waals surface area contributed by atoms with E-state index in [0.29, 0.717) is 5.92 Å². The third-order valence-corrected chi connectivity index (χ3v) is 3.22. The van der Waals surface area contributed by atoms with Gasteiger partial charge in [0.05, 0.1) is 0 Å². The lowest BCUT2D eigenvalue weighted by Crippen LogP contribution is -2.19. The maximum atomic E-state index is 6.31. The monoisotopic (exact) mass is 258 g/mol. The van der Waals surface area contributed by atoms with E-state index in [9.17, 15) is 0 Å². The van der Waals surface area contributed by atoms with Crippen molar-refractivity contribution in [2.24, 2.45) is 11.7 Å². The molecule has 1 heterocycles. The summed E-state index contributed by atoms with van der Waals surface area (Å²) in [6.07, 6.45) is 2.33. The lowest BCUT2D eigenvalue weighted by Gasteiger charge is -2.15. The molecule has 1 aromatic heterocycles. The number of aryl methyl sites for hydroxylation is 1. The topological polar surface area (TPSA) is 56.7 Å². The van der Waals surface area contributed by atoms with Crippen molar-refractivity contribution >= 4 is 0 Å². The Hall–Kier alpha value is -1.68. The summed E-state index contributed by atoms with van der Waals surface area (Å²) in [5.74, 6) is 1.51. The van der Waals surface area contributed by atoms with Crippen LogP contribution in [0.25, 0.3) is 0 Å². The number of aromatic nitrogens is 3. The average molecular weight is 258 g/mol. The Morgan fingerprint density at radius 3 is 2.68 bits per heavy atom. The first-order valence-electron chi connectivity index (χ1n) is 6.75. The van der Waals surface area contributed by atoms with E-state index in [1.807, 2.05) is 16.8 Å². The van der Waals surface area contributed by atoms with Gasteiger partial charge in [-0.05, 0) is 24.0 Å². The molecule has 0 aliphatic heterocycles. The quantitative estimate of drug-likeness (QED) is 0.896. The Labute approximate surface area is 114 Å². The molecule has 1 unspecified atom stereocenters. The van der Waals surface area contributed by atoms with E-state index in [2.05, 4.69) is 43.0 Å². The highest BCUT2D eigenvalue weighted by atomic mass is 15.3. The fraction of sp³-hybridized carbons (Fsp3) is 0.467. The van der Waals surface area contributed by atoms with Gasteiger partial charge in [-0.25, -0.2) is 9.67 Å². The maximum Gasteiger partial charge on any atom is 0.138 e. The van der Waals surface area contributed by atoms with E-state index >= 15 is 0 Å². The highest BCUT2D eigenvalue weighted by molar-refractivity contribution is 5.29. The predicted octanol–water partition coefficient (Wildman–Crippen LogP) is 2.49. The highest BCUT2D eigenvalue weighted by Gasteiger charge is 2.14. The van der Waals surface area contributed by atoms with Crippen molar-refractivity contribution in [2.45, 2.75) is 39.8 Å². The molecule has 0 amide bonds. The highest BCUT2D eigenvalue weighted by Crippen LogP contribution is 2.18. The number of hydrogen-bond acceptors (Lipinski definition) is 3. The average Bonchev–Trinajstić information content (AvgIpc) is 2.76. The van der Waals surface area contributed by atoms with Gasteiger partial charge in [-0.2, -0.15) is 5.10 Å². The summed E-state index contributed by atoms with van der Waals surface area (Å²) in [6, 6.07) is 8.21. The first kappa shape index (κ1) is 13.7.